The van der Waals surface area contributed by atoms with Gasteiger partial charge < -0.3 is 19.5 Å². The van der Waals surface area contributed by atoms with E-state index in [1.165, 1.54) is 5.69 Å². The molecule has 136 valence electrons. The largest absolute Gasteiger partial charge is 0.477 e. The fraction of sp³-hybridized carbons (Fsp3) is 0.474. The summed E-state index contributed by atoms with van der Waals surface area (Å²) >= 11 is 0. The van der Waals surface area contributed by atoms with Gasteiger partial charge in [0.25, 0.3) is 0 Å². The van der Waals surface area contributed by atoms with Crippen LogP contribution in [0.15, 0.2) is 41.7 Å². The summed E-state index contributed by atoms with van der Waals surface area (Å²) in [6, 6.07) is 8.12. The Morgan fingerprint density at radius 1 is 1.32 bits per heavy atom. The fourth-order valence-electron chi connectivity index (χ4n) is 2.48. The van der Waals surface area contributed by atoms with Crippen LogP contribution in [0.4, 0.5) is 0 Å². The van der Waals surface area contributed by atoms with Gasteiger partial charge in [-0.1, -0.05) is 13.0 Å². The second-order valence-electron chi connectivity index (χ2n) is 5.95. The van der Waals surface area contributed by atoms with Crippen LogP contribution in [-0.4, -0.2) is 40.6 Å². The Morgan fingerprint density at radius 2 is 2.16 bits per heavy atom. The van der Waals surface area contributed by atoms with Crippen molar-refractivity contribution >= 4 is 5.96 Å². The molecule has 0 fully saturated rings. The number of rotatable bonds is 8. The molecule has 0 aliphatic heterocycles. The van der Waals surface area contributed by atoms with Crippen molar-refractivity contribution in [3.8, 4) is 5.88 Å². The molecule has 0 amide bonds. The molecule has 6 nitrogen and oxygen atoms in total. The summed E-state index contributed by atoms with van der Waals surface area (Å²) in [5, 5.41) is 3.35. The number of pyridine rings is 1. The minimum Gasteiger partial charge on any atom is -0.477 e. The molecule has 0 radical (unpaired) electrons. The van der Waals surface area contributed by atoms with Crippen molar-refractivity contribution < 1.29 is 4.74 Å². The highest BCUT2D eigenvalue weighted by atomic mass is 16.5. The first-order valence-electron chi connectivity index (χ1n) is 8.82. The quantitative estimate of drug-likeness (QED) is 0.591. The van der Waals surface area contributed by atoms with Gasteiger partial charge in [0.2, 0.25) is 5.88 Å². The summed E-state index contributed by atoms with van der Waals surface area (Å²) < 4.78 is 7.85. The number of ether oxygens (including phenoxy) is 1. The Kier molecular flexibility index (Phi) is 7.32. The highest BCUT2D eigenvalue weighted by Gasteiger charge is 2.10. The predicted molar refractivity (Wildman–Crippen MR) is 102 cm³/mol. The second kappa shape index (κ2) is 9.71. The Hall–Kier alpha value is -2.50. The normalized spacial score (nSPS) is 11.4. The van der Waals surface area contributed by atoms with E-state index in [1.807, 2.05) is 19.2 Å². The van der Waals surface area contributed by atoms with Gasteiger partial charge in [-0.25, -0.2) is 9.98 Å². The van der Waals surface area contributed by atoms with Gasteiger partial charge in [-0.05, 0) is 31.5 Å². The van der Waals surface area contributed by atoms with Crippen LogP contribution >= 0.6 is 0 Å². The molecule has 0 aliphatic rings. The van der Waals surface area contributed by atoms with Crippen LogP contribution in [0.2, 0.25) is 0 Å². The highest BCUT2D eigenvalue weighted by molar-refractivity contribution is 5.79. The molecule has 0 spiro atoms. The Morgan fingerprint density at radius 3 is 2.84 bits per heavy atom. The maximum Gasteiger partial charge on any atom is 0.218 e. The summed E-state index contributed by atoms with van der Waals surface area (Å²) in [7, 11) is 4.10. The van der Waals surface area contributed by atoms with Crippen molar-refractivity contribution in [3.63, 3.8) is 0 Å². The fourth-order valence-corrected chi connectivity index (χ4v) is 2.48. The number of guanidine groups is 1. The zero-order valence-corrected chi connectivity index (χ0v) is 15.7. The Bertz CT molecular complexity index is 680. The van der Waals surface area contributed by atoms with Gasteiger partial charge in [-0.3, -0.25) is 0 Å². The average Bonchev–Trinajstić information content (AvgIpc) is 3.02. The predicted octanol–water partition coefficient (Wildman–Crippen LogP) is 2.81. The third-order valence-corrected chi connectivity index (χ3v) is 3.84. The van der Waals surface area contributed by atoms with Crippen molar-refractivity contribution in [1.82, 2.24) is 19.8 Å². The van der Waals surface area contributed by atoms with Gasteiger partial charge in [0, 0.05) is 44.3 Å². The lowest BCUT2D eigenvalue weighted by molar-refractivity contribution is 0.302. The molecule has 1 N–H and O–H groups in total. The van der Waals surface area contributed by atoms with E-state index in [-0.39, 0.29) is 0 Å². The summed E-state index contributed by atoms with van der Waals surface area (Å²) in [5.74, 6) is 1.54. The summed E-state index contributed by atoms with van der Waals surface area (Å²) in [5.41, 5.74) is 2.24. The van der Waals surface area contributed by atoms with Crippen molar-refractivity contribution in [2.75, 3.05) is 20.2 Å². The second-order valence-corrected chi connectivity index (χ2v) is 5.95. The number of hydrogen-bond acceptors (Lipinski definition) is 3. The average molecular weight is 343 g/mol. The molecule has 0 unspecified atom stereocenters. The van der Waals surface area contributed by atoms with Crippen LogP contribution in [-0.2, 0) is 20.1 Å². The molecule has 0 saturated carbocycles. The molecule has 2 rings (SSSR count). The van der Waals surface area contributed by atoms with Crippen molar-refractivity contribution in [3.05, 3.63) is 47.9 Å². The lowest BCUT2D eigenvalue weighted by Crippen LogP contribution is -2.38. The first kappa shape index (κ1) is 18.8. The lowest BCUT2D eigenvalue weighted by atomic mass is 10.3. The number of aromatic nitrogens is 2. The zero-order chi connectivity index (χ0) is 18.1. The molecule has 0 saturated heterocycles. The number of aliphatic imine (C=N–C) groups is 1. The Labute approximate surface area is 150 Å². The molecular weight excluding hydrogens is 314 g/mol. The molecule has 0 bridgehead atoms. The van der Waals surface area contributed by atoms with Gasteiger partial charge in [0.15, 0.2) is 5.96 Å². The van der Waals surface area contributed by atoms with E-state index in [2.05, 4.69) is 59.0 Å². The first-order chi connectivity index (χ1) is 12.2. The minimum absolute atomic E-state index is 0.534. The Balaban J connectivity index is 2.10. The summed E-state index contributed by atoms with van der Waals surface area (Å²) in [4.78, 5) is 11.2. The van der Waals surface area contributed by atoms with E-state index in [9.17, 15) is 0 Å². The molecule has 6 heteroatoms. The standard InChI is InChI=1S/C19H29N5O/c1-5-13-25-18-16(9-7-11-21-18)14-22-19(20-6-2)24(4)15-17-10-8-12-23(17)3/h7-12H,5-6,13-15H2,1-4H3,(H,20,22). The molecular formula is C19H29N5O. The molecule has 25 heavy (non-hydrogen) atoms. The van der Waals surface area contributed by atoms with Crippen molar-refractivity contribution in [2.24, 2.45) is 12.0 Å². The van der Waals surface area contributed by atoms with Crippen LogP contribution in [0.1, 0.15) is 31.5 Å². The molecule has 2 aromatic rings. The molecule has 0 aromatic carbocycles. The zero-order valence-electron chi connectivity index (χ0n) is 15.7. The number of nitrogens with one attached hydrogen (secondary N) is 1. The van der Waals surface area contributed by atoms with Crippen molar-refractivity contribution in [2.45, 2.75) is 33.4 Å². The van der Waals surface area contributed by atoms with Gasteiger partial charge >= 0.3 is 0 Å². The number of nitrogens with zero attached hydrogens (tertiary/aromatic N) is 4. The van der Waals surface area contributed by atoms with E-state index in [0.29, 0.717) is 19.0 Å². The van der Waals surface area contributed by atoms with Crippen LogP contribution in [0, 0.1) is 0 Å². The van der Waals surface area contributed by atoms with E-state index in [1.54, 1.807) is 6.20 Å². The van der Waals surface area contributed by atoms with E-state index in [4.69, 9.17) is 9.73 Å². The number of hydrogen-bond donors (Lipinski definition) is 1. The third kappa shape index (κ3) is 5.52. The smallest absolute Gasteiger partial charge is 0.218 e. The lowest BCUT2D eigenvalue weighted by Gasteiger charge is -2.22. The van der Waals surface area contributed by atoms with Gasteiger partial charge in [-0.2, -0.15) is 0 Å². The molecule has 0 aliphatic carbocycles. The van der Waals surface area contributed by atoms with Crippen molar-refractivity contribution in [1.29, 1.82) is 0 Å². The maximum absolute atomic E-state index is 5.72. The third-order valence-electron chi connectivity index (χ3n) is 3.84. The maximum atomic E-state index is 5.72. The molecule has 0 atom stereocenters. The van der Waals surface area contributed by atoms with Crippen LogP contribution in [0.5, 0.6) is 5.88 Å². The van der Waals surface area contributed by atoms with E-state index in [0.717, 1.165) is 31.0 Å². The minimum atomic E-state index is 0.534. The van der Waals surface area contributed by atoms with Gasteiger partial charge in [-0.15, -0.1) is 0 Å². The molecule has 2 heterocycles. The van der Waals surface area contributed by atoms with Gasteiger partial charge in [0.05, 0.1) is 19.7 Å². The highest BCUT2D eigenvalue weighted by Crippen LogP contribution is 2.16. The van der Waals surface area contributed by atoms with Gasteiger partial charge in [0.1, 0.15) is 0 Å². The van der Waals surface area contributed by atoms with Crippen LogP contribution in [0.25, 0.3) is 0 Å². The van der Waals surface area contributed by atoms with Crippen LogP contribution in [0.3, 0.4) is 0 Å². The van der Waals surface area contributed by atoms with E-state index >= 15 is 0 Å². The monoisotopic (exact) mass is 343 g/mol. The summed E-state index contributed by atoms with van der Waals surface area (Å²) in [6.07, 6.45) is 4.77. The topological polar surface area (TPSA) is 54.7 Å². The van der Waals surface area contributed by atoms with E-state index < -0.39 is 0 Å². The summed E-state index contributed by atoms with van der Waals surface area (Å²) in [6.45, 7) is 6.98. The van der Waals surface area contributed by atoms with Crippen LogP contribution < -0.4 is 10.1 Å². The number of aryl methyl sites for hydroxylation is 1. The first-order valence-corrected chi connectivity index (χ1v) is 8.82. The SMILES string of the molecule is CCCOc1ncccc1CN=C(NCC)N(C)Cc1cccn1C. The molecule has 2 aromatic heterocycles.